The molecule has 0 aliphatic carbocycles. The average Bonchev–Trinajstić information content (AvgIpc) is 2.39. The number of hydrogen-bond acceptors (Lipinski definition) is 1. The maximum absolute atomic E-state index is 12.9. The van der Waals surface area contributed by atoms with Gasteiger partial charge < -0.3 is 9.97 Å². The van der Waals surface area contributed by atoms with Crippen LogP contribution in [0, 0.1) is 10.6 Å². The highest BCUT2D eigenvalue weighted by Crippen LogP contribution is 2.23. The fraction of sp³-hybridized carbons (Fsp3) is 0. The van der Waals surface area contributed by atoms with Crippen LogP contribution in [-0.4, -0.2) is 9.97 Å². The lowest BCUT2D eigenvalue weighted by molar-refractivity contribution is 0.623. The number of imidazole rings is 1. The molecule has 2 N–H and O–H groups in total. The van der Waals surface area contributed by atoms with Gasteiger partial charge in [0.05, 0.1) is 15.5 Å². The number of nitrogens with one attached hydrogen (secondary N) is 2. The number of fused-ring (bicyclic) bond motifs is 1. The topological polar surface area (TPSA) is 31.6 Å². The van der Waals surface area contributed by atoms with E-state index >= 15 is 0 Å². The van der Waals surface area contributed by atoms with E-state index in [-0.39, 0.29) is 5.82 Å². The van der Waals surface area contributed by atoms with Crippen LogP contribution in [-0.2, 0) is 0 Å². The summed E-state index contributed by atoms with van der Waals surface area (Å²) in [6.45, 7) is 0. The van der Waals surface area contributed by atoms with Gasteiger partial charge in [-0.2, -0.15) is 0 Å². The van der Waals surface area contributed by atoms with Gasteiger partial charge in [-0.3, -0.25) is 0 Å². The van der Waals surface area contributed by atoms with Crippen molar-refractivity contribution in [2.45, 2.75) is 0 Å². The molecule has 5 heteroatoms. The quantitative estimate of drug-likeness (QED) is 0.688. The first-order valence-electron chi connectivity index (χ1n) is 3.24. The van der Waals surface area contributed by atoms with E-state index in [2.05, 4.69) is 25.9 Å². The minimum atomic E-state index is -0.298. The largest absolute Gasteiger partial charge is 0.331 e. The molecule has 0 fully saturated rings. The maximum atomic E-state index is 12.9. The highest BCUT2D eigenvalue weighted by Gasteiger charge is 2.05. The van der Waals surface area contributed by atoms with Crippen molar-refractivity contribution in [3.05, 3.63) is 27.2 Å². The molecule has 0 atom stereocenters. The molecule has 0 aliphatic heterocycles. The second-order valence-electron chi connectivity index (χ2n) is 2.36. The molecule has 0 saturated heterocycles. The second-order valence-corrected chi connectivity index (χ2v) is 3.56. The van der Waals surface area contributed by atoms with Crippen LogP contribution in [0.1, 0.15) is 0 Å². The van der Waals surface area contributed by atoms with Crippen molar-refractivity contribution in [2.24, 2.45) is 0 Å². The fourth-order valence-corrected chi connectivity index (χ4v) is 1.70. The standard InChI is InChI=1S/C7H4BrFN2S/c8-5-3(9)1-2-4-6(5)11-7(12)10-4/h1-2H,(H2,10,11,12). The summed E-state index contributed by atoms with van der Waals surface area (Å²) in [7, 11) is 0. The molecule has 0 bridgehead atoms. The third-order valence-corrected chi connectivity index (χ3v) is 2.56. The number of benzene rings is 1. The minimum Gasteiger partial charge on any atom is -0.331 e. The number of aromatic amines is 2. The van der Waals surface area contributed by atoms with Crippen LogP contribution in [0.2, 0.25) is 0 Å². The minimum absolute atomic E-state index is 0.298. The Bertz CT molecular complexity index is 488. The molecule has 0 aliphatic rings. The van der Waals surface area contributed by atoms with Crippen LogP contribution in [0.3, 0.4) is 0 Å². The van der Waals surface area contributed by atoms with Crippen molar-refractivity contribution in [1.29, 1.82) is 0 Å². The van der Waals surface area contributed by atoms with Crippen molar-refractivity contribution in [3.8, 4) is 0 Å². The Morgan fingerprint density at radius 3 is 2.83 bits per heavy atom. The number of H-pyrrole nitrogens is 2. The molecule has 0 spiro atoms. The van der Waals surface area contributed by atoms with Gasteiger partial charge in [-0.25, -0.2) is 4.39 Å². The summed E-state index contributed by atoms with van der Waals surface area (Å²) < 4.78 is 13.8. The smallest absolute Gasteiger partial charge is 0.175 e. The van der Waals surface area contributed by atoms with Crippen LogP contribution >= 0.6 is 28.1 Å². The van der Waals surface area contributed by atoms with Crippen LogP contribution in [0.15, 0.2) is 16.6 Å². The van der Waals surface area contributed by atoms with E-state index in [0.717, 1.165) is 5.52 Å². The molecule has 12 heavy (non-hydrogen) atoms. The van der Waals surface area contributed by atoms with Crippen molar-refractivity contribution in [2.75, 3.05) is 0 Å². The van der Waals surface area contributed by atoms with Crippen molar-refractivity contribution in [1.82, 2.24) is 9.97 Å². The Morgan fingerprint density at radius 1 is 1.33 bits per heavy atom. The first kappa shape index (κ1) is 7.94. The second kappa shape index (κ2) is 2.67. The predicted octanol–water partition coefficient (Wildman–Crippen LogP) is 3.13. The summed E-state index contributed by atoms with van der Waals surface area (Å²) in [5, 5.41) is 0. The van der Waals surface area contributed by atoms with E-state index in [4.69, 9.17) is 12.2 Å². The Hall–Kier alpha value is -0.680. The first-order chi connectivity index (χ1) is 5.68. The molecule has 0 amide bonds. The zero-order valence-corrected chi connectivity index (χ0v) is 8.22. The van der Waals surface area contributed by atoms with E-state index in [1.807, 2.05) is 0 Å². The Kier molecular flexibility index (Phi) is 1.77. The van der Waals surface area contributed by atoms with E-state index in [0.29, 0.717) is 14.8 Å². The summed E-state index contributed by atoms with van der Waals surface area (Å²) in [5.74, 6) is -0.298. The predicted molar refractivity (Wildman–Crippen MR) is 51.1 cm³/mol. The monoisotopic (exact) mass is 246 g/mol. The van der Waals surface area contributed by atoms with Gasteiger partial charge in [0, 0.05) is 0 Å². The van der Waals surface area contributed by atoms with E-state index in [1.54, 1.807) is 6.07 Å². The van der Waals surface area contributed by atoms with E-state index in [9.17, 15) is 4.39 Å². The van der Waals surface area contributed by atoms with Crippen LogP contribution in [0.5, 0.6) is 0 Å². The van der Waals surface area contributed by atoms with Crippen molar-refractivity contribution >= 4 is 39.2 Å². The van der Waals surface area contributed by atoms with Gasteiger partial charge in [0.25, 0.3) is 0 Å². The Balaban J connectivity index is 2.99. The van der Waals surface area contributed by atoms with Gasteiger partial charge >= 0.3 is 0 Å². The molecule has 2 rings (SSSR count). The third-order valence-electron chi connectivity index (χ3n) is 1.58. The van der Waals surface area contributed by atoms with Gasteiger partial charge in [0.2, 0.25) is 0 Å². The first-order valence-corrected chi connectivity index (χ1v) is 4.44. The zero-order chi connectivity index (χ0) is 8.72. The molecule has 2 aromatic rings. The SMILES string of the molecule is Fc1ccc2[nH]c(=S)[nH]c2c1Br. The normalized spacial score (nSPS) is 10.8. The Morgan fingerprint density at radius 2 is 2.08 bits per heavy atom. The molecule has 2 nitrogen and oxygen atoms in total. The van der Waals surface area contributed by atoms with Gasteiger partial charge in [0.15, 0.2) is 4.77 Å². The number of halogens is 2. The van der Waals surface area contributed by atoms with Gasteiger partial charge in [0.1, 0.15) is 5.82 Å². The summed E-state index contributed by atoms with van der Waals surface area (Å²) >= 11 is 7.98. The molecule has 1 aromatic carbocycles. The summed E-state index contributed by atoms with van der Waals surface area (Å²) in [6, 6.07) is 3.02. The summed E-state index contributed by atoms with van der Waals surface area (Å²) in [6.07, 6.45) is 0. The average molecular weight is 247 g/mol. The molecule has 1 heterocycles. The zero-order valence-electron chi connectivity index (χ0n) is 5.82. The number of hydrogen-bond donors (Lipinski definition) is 2. The molecule has 0 radical (unpaired) electrons. The molecular formula is C7H4BrFN2S. The van der Waals surface area contributed by atoms with Crippen molar-refractivity contribution < 1.29 is 4.39 Å². The van der Waals surface area contributed by atoms with E-state index in [1.165, 1.54) is 6.07 Å². The molecule has 62 valence electrons. The fourth-order valence-electron chi connectivity index (χ4n) is 1.04. The van der Waals surface area contributed by atoms with Gasteiger partial charge in [-0.15, -0.1) is 0 Å². The highest BCUT2D eigenvalue weighted by molar-refractivity contribution is 9.10. The Labute approximate surface area is 80.9 Å². The summed E-state index contributed by atoms with van der Waals surface area (Å²) in [4.78, 5) is 5.73. The maximum Gasteiger partial charge on any atom is 0.175 e. The van der Waals surface area contributed by atoms with Crippen molar-refractivity contribution in [3.63, 3.8) is 0 Å². The summed E-state index contributed by atoms with van der Waals surface area (Å²) in [5.41, 5.74) is 1.47. The highest BCUT2D eigenvalue weighted by atomic mass is 79.9. The van der Waals surface area contributed by atoms with E-state index < -0.39 is 0 Å². The molecule has 0 unspecified atom stereocenters. The lowest BCUT2D eigenvalue weighted by atomic mass is 10.3. The lowest BCUT2D eigenvalue weighted by Crippen LogP contribution is -1.78. The van der Waals surface area contributed by atoms with Crippen LogP contribution < -0.4 is 0 Å². The molecule has 0 saturated carbocycles. The van der Waals surface area contributed by atoms with Crippen LogP contribution in [0.25, 0.3) is 11.0 Å². The molecular weight excluding hydrogens is 243 g/mol. The van der Waals surface area contributed by atoms with Gasteiger partial charge in [-0.1, -0.05) is 0 Å². The lowest BCUT2D eigenvalue weighted by Gasteiger charge is -1.93. The van der Waals surface area contributed by atoms with Crippen LogP contribution in [0.4, 0.5) is 4.39 Å². The van der Waals surface area contributed by atoms with Gasteiger partial charge in [-0.05, 0) is 40.3 Å². The number of aromatic nitrogens is 2. The molecule has 1 aromatic heterocycles. The third kappa shape index (κ3) is 1.09. The number of rotatable bonds is 0.